The molecule has 3 aromatic rings. The van der Waals surface area contributed by atoms with E-state index in [1.54, 1.807) is 64.1 Å². The molecule has 13 nitrogen and oxygen atoms in total. The predicted octanol–water partition coefficient (Wildman–Crippen LogP) is 7.15. The van der Waals surface area contributed by atoms with Crippen molar-refractivity contribution in [1.82, 2.24) is 5.32 Å². The molecule has 4 aliphatic rings. The number of carbonyl (C=O) groups excluding carboxylic acids is 5. The lowest BCUT2D eigenvalue weighted by atomic mass is 9.78. The van der Waals surface area contributed by atoms with E-state index < -0.39 is 100.0 Å². The van der Waals surface area contributed by atoms with Crippen LogP contribution in [0.3, 0.4) is 0 Å². The molecule has 14 heteroatoms. The lowest BCUT2D eigenvalue weighted by molar-refractivity contribution is -0.116. The van der Waals surface area contributed by atoms with Crippen LogP contribution in [-0.4, -0.2) is 81.9 Å². The smallest absolute Gasteiger partial charge is 0.345 e. The van der Waals surface area contributed by atoms with Gasteiger partial charge in [0, 0.05) is 60.8 Å². The van der Waals surface area contributed by atoms with Crippen LogP contribution in [-0.2, 0) is 20.7 Å². The molecule has 4 N–H and O–H groups in total. The van der Waals surface area contributed by atoms with Crippen LogP contribution < -0.4 is 14.8 Å². The zero-order valence-corrected chi connectivity index (χ0v) is 38.0. The number of aryl methyl sites for hydroxylation is 1. The zero-order chi connectivity index (χ0) is 46.9. The van der Waals surface area contributed by atoms with E-state index in [4.69, 9.17) is 30.5 Å². The van der Waals surface area contributed by atoms with Gasteiger partial charge in [-0.05, 0) is 44.5 Å². The Kier molecular flexibility index (Phi) is 14.3. The Morgan fingerprint density at radius 3 is 2.12 bits per heavy atom. The molecule has 0 radical (unpaired) electrons. The van der Waals surface area contributed by atoms with Crippen molar-refractivity contribution in [2.75, 3.05) is 7.11 Å². The molecule has 0 saturated heterocycles. The highest BCUT2D eigenvalue weighted by atomic mass is 35.5. The summed E-state index contributed by atoms with van der Waals surface area (Å²) >= 11 is 6.38. The number of halogens is 1. The molecular weight excluding hydrogens is 842 g/mol. The van der Waals surface area contributed by atoms with Crippen molar-refractivity contribution in [3.05, 3.63) is 140 Å². The number of aliphatic hydroxyl groups excluding tert-OH is 3. The summed E-state index contributed by atoms with van der Waals surface area (Å²) in [6.45, 7) is 13.0. The van der Waals surface area contributed by atoms with Crippen LogP contribution in [0.1, 0.15) is 99.7 Å². The average Bonchev–Trinajstić information content (AvgIpc) is 3.54. The molecular formula is C50H54ClNO12. The summed E-state index contributed by atoms with van der Waals surface area (Å²) in [5.41, 5.74) is -0.0531. The molecule has 7 rings (SSSR count). The summed E-state index contributed by atoms with van der Waals surface area (Å²) in [7, 11) is 1.42. The summed E-state index contributed by atoms with van der Waals surface area (Å²) < 4.78 is 23.9. The maximum atomic E-state index is 15.2. The Morgan fingerprint density at radius 2 is 1.47 bits per heavy atom. The number of allylic oxidation sites excluding steroid dienone is 4. The first kappa shape index (κ1) is 47.8. The zero-order valence-electron chi connectivity index (χ0n) is 37.2. The largest absolute Gasteiger partial charge is 0.454 e. The maximum Gasteiger partial charge on any atom is 0.345 e. The number of carbonyl (C=O) groups is 5. The van der Waals surface area contributed by atoms with Crippen LogP contribution in [0.25, 0.3) is 0 Å². The third-order valence-corrected chi connectivity index (χ3v) is 12.9. The van der Waals surface area contributed by atoms with Crippen LogP contribution in [0.4, 0.5) is 0 Å². The second kappa shape index (κ2) is 19.2. The van der Waals surface area contributed by atoms with Crippen molar-refractivity contribution >= 4 is 40.8 Å². The summed E-state index contributed by atoms with van der Waals surface area (Å²) in [6, 6.07) is 13.3. The topological polar surface area (TPSA) is 195 Å². The number of aliphatic hydroxyl groups is 3. The monoisotopic (exact) mass is 895 g/mol. The third kappa shape index (κ3) is 9.13. The number of methoxy groups -OCH3 is 1. The minimum absolute atomic E-state index is 0.00366. The lowest BCUT2D eigenvalue weighted by Crippen LogP contribution is -2.45. The molecule has 3 aliphatic heterocycles. The number of hydrogen-bond donors (Lipinski definition) is 4. The first-order valence-electron chi connectivity index (χ1n) is 21.1. The molecule has 5 bridgehead atoms. The van der Waals surface area contributed by atoms with Crippen LogP contribution in [0, 0.1) is 37.5 Å². The Balaban J connectivity index is 1.57. The summed E-state index contributed by atoms with van der Waals surface area (Å²) in [6.07, 6.45) is 3.01. The van der Waals surface area contributed by atoms with Crippen molar-refractivity contribution in [3.63, 3.8) is 0 Å². The number of Topliss-reactive ketones (excluding diaryl/α,β-unsaturated/α-hetero) is 3. The van der Waals surface area contributed by atoms with Crippen LogP contribution in [0.15, 0.2) is 95.9 Å². The molecule has 1 aliphatic carbocycles. The number of esters is 1. The maximum absolute atomic E-state index is 15.2. The van der Waals surface area contributed by atoms with E-state index in [0.717, 1.165) is 5.56 Å². The van der Waals surface area contributed by atoms with Crippen LogP contribution in [0.5, 0.6) is 11.5 Å². The Hall–Kier alpha value is -5.70. The second-order valence-electron chi connectivity index (χ2n) is 17.1. The van der Waals surface area contributed by atoms with Gasteiger partial charge in [-0.2, -0.15) is 0 Å². The number of amides is 1. The lowest BCUT2D eigenvalue weighted by Gasteiger charge is -2.36. The second-order valence-corrected chi connectivity index (χ2v) is 17.5. The van der Waals surface area contributed by atoms with Gasteiger partial charge in [-0.3, -0.25) is 19.2 Å². The third-order valence-electron chi connectivity index (χ3n) is 12.6. The molecule has 1 amide bonds. The van der Waals surface area contributed by atoms with Crippen molar-refractivity contribution in [3.8, 4) is 11.5 Å². The minimum atomic E-state index is -2.14. The Bertz CT molecular complexity index is 2500. The van der Waals surface area contributed by atoms with Gasteiger partial charge in [0.15, 0.2) is 5.78 Å². The van der Waals surface area contributed by atoms with Crippen LogP contribution in [0.2, 0.25) is 5.02 Å². The number of nitrogens with one attached hydrogen (secondary N) is 1. The molecule has 9 atom stereocenters. The highest BCUT2D eigenvalue weighted by Gasteiger charge is 2.53. The highest BCUT2D eigenvalue weighted by molar-refractivity contribution is 6.34. The fraction of sp³-hybridized carbons (Fsp3) is 0.380. The van der Waals surface area contributed by atoms with Crippen molar-refractivity contribution < 1.29 is 58.2 Å². The van der Waals surface area contributed by atoms with E-state index in [1.807, 2.05) is 19.1 Å². The average molecular weight is 896 g/mol. The fourth-order valence-electron chi connectivity index (χ4n) is 8.33. The van der Waals surface area contributed by atoms with E-state index in [2.05, 4.69) is 5.32 Å². The van der Waals surface area contributed by atoms with Gasteiger partial charge in [0.25, 0.3) is 11.7 Å². The molecule has 0 unspecified atom stereocenters. The van der Waals surface area contributed by atoms with Gasteiger partial charge in [-0.1, -0.05) is 99.5 Å². The Labute approximate surface area is 377 Å². The quantitative estimate of drug-likeness (QED) is 0.150. The summed E-state index contributed by atoms with van der Waals surface area (Å²) in [5, 5.41) is 36.8. The highest BCUT2D eigenvalue weighted by Crippen LogP contribution is 2.49. The van der Waals surface area contributed by atoms with Crippen LogP contribution >= 0.6 is 11.6 Å². The molecule has 0 spiro atoms. The van der Waals surface area contributed by atoms with E-state index in [1.165, 1.54) is 58.4 Å². The van der Waals surface area contributed by atoms with Gasteiger partial charge >= 0.3 is 11.8 Å². The molecule has 3 aromatic carbocycles. The number of rotatable bonds is 5. The first-order chi connectivity index (χ1) is 30.2. The van der Waals surface area contributed by atoms with Gasteiger partial charge in [0.2, 0.25) is 5.78 Å². The van der Waals surface area contributed by atoms with Crippen molar-refractivity contribution in [1.29, 1.82) is 0 Å². The van der Waals surface area contributed by atoms with Crippen molar-refractivity contribution in [2.45, 2.75) is 92.0 Å². The minimum Gasteiger partial charge on any atom is -0.454 e. The molecule has 3 heterocycles. The number of hydrogen-bond acceptors (Lipinski definition) is 12. The molecule has 64 heavy (non-hydrogen) atoms. The molecule has 0 fully saturated rings. The number of ketones is 3. The van der Waals surface area contributed by atoms with E-state index in [-0.39, 0.29) is 50.7 Å². The predicted molar refractivity (Wildman–Crippen MR) is 238 cm³/mol. The summed E-state index contributed by atoms with van der Waals surface area (Å²) in [5.74, 6) is -9.58. The van der Waals surface area contributed by atoms with Gasteiger partial charge < -0.3 is 39.6 Å². The Morgan fingerprint density at radius 1 is 0.828 bits per heavy atom. The fourth-order valence-corrected chi connectivity index (χ4v) is 8.54. The molecule has 0 saturated carbocycles. The van der Waals surface area contributed by atoms with Gasteiger partial charge in [0.05, 0.1) is 63.7 Å². The van der Waals surface area contributed by atoms with Gasteiger partial charge in [0.1, 0.15) is 11.5 Å². The van der Waals surface area contributed by atoms with Crippen molar-refractivity contribution in [2.24, 2.45) is 23.7 Å². The molecule has 0 aromatic heterocycles. The van der Waals surface area contributed by atoms with Gasteiger partial charge in [-0.25, -0.2) is 4.79 Å². The van der Waals surface area contributed by atoms with E-state index in [0.29, 0.717) is 5.56 Å². The molecule has 338 valence electrons. The van der Waals surface area contributed by atoms with E-state index >= 15 is 9.59 Å². The number of ether oxygens (including phenoxy) is 4. The number of fused-ring (bicyclic) bond motifs is 14. The van der Waals surface area contributed by atoms with E-state index in [9.17, 15) is 29.7 Å². The standard InChI is InChI=1S/C50H54ClNO12/c1-24-17-19-31(20-18-24)23-33-39-44(57)37-36(43(33)56)38-46(30(7)45(37)63-49(60)32-15-10-11-16-34(32)51)64-50(8,47(38)58)62-22-21-35(61-9)27(4)41(54)29(6)42(55)28(5)40(53)25(2)13-12-14-26(3)48(59)52-39/h10-22,25,27-29,35,40-42,53-55H,23H2,1-9H3,(H,52,59)/b13-12+,22-21+,26-14-/t25-,27+,28+,29+,35-,40-,41+,42-,50-/m0/s1. The summed E-state index contributed by atoms with van der Waals surface area (Å²) in [4.78, 5) is 72.9. The number of benzene rings is 3. The normalized spacial score (nSPS) is 29.6. The first-order valence-corrected chi connectivity index (χ1v) is 21.5. The SMILES string of the molecule is CO[C@H]1/C=C/O[C@@]2(C)Oc3c(C)c(OC(=O)c4ccccc4Cl)c4c(c3C2=O)C(=O)C(Cc2ccc(C)cc2)=C(NC(=O)/C(C)=C\C=C\[C@H](C)[C@H](O)[C@@H](C)[C@H](O)[C@H](C)[C@H](O)[C@@H]1C)C4=O. The van der Waals surface area contributed by atoms with Gasteiger partial charge in [-0.15, -0.1) is 0 Å².